The van der Waals surface area contributed by atoms with E-state index in [9.17, 15) is 17.6 Å². The maximum absolute atomic E-state index is 13.0. The predicted octanol–water partition coefficient (Wildman–Crippen LogP) is 3.69. The van der Waals surface area contributed by atoms with Gasteiger partial charge in [0.05, 0.1) is 5.69 Å². The number of nitrogens with one attached hydrogen (secondary N) is 1. The molecular weight excluding hydrogens is 411 g/mol. The van der Waals surface area contributed by atoms with Gasteiger partial charge >= 0.3 is 0 Å². The van der Waals surface area contributed by atoms with Crippen molar-refractivity contribution >= 4 is 43.2 Å². The summed E-state index contributed by atoms with van der Waals surface area (Å²) in [5.41, 5.74) is 1.44. The molecule has 1 atom stereocenters. The van der Waals surface area contributed by atoms with Crippen molar-refractivity contribution in [3.05, 3.63) is 52.3 Å². The molecule has 1 aliphatic heterocycles. The van der Waals surface area contributed by atoms with Crippen LogP contribution < -0.4 is 9.62 Å². The van der Waals surface area contributed by atoms with Crippen LogP contribution in [0.2, 0.25) is 0 Å². The fraction of sp³-hybridized carbons (Fsp3) is 0.235. The highest BCUT2D eigenvalue weighted by molar-refractivity contribution is 9.10. The van der Waals surface area contributed by atoms with Crippen molar-refractivity contribution in [1.29, 1.82) is 0 Å². The van der Waals surface area contributed by atoms with E-state index in [1.165, 1.54) is 42.2 Å². The van der Waals surface area contributed by atoms with Crippen LogP contribution in [0.1, 0.15) is 19.4 Å². The average molecular weight is 427 g/mol. The van der Waals surface area contributed by atoms with Crippen LogP contribution >= 0.6 is 15.9 Å². The van der Waals surface area contributed by atoms with E-state index in [1.54, 1.807) is 0 Å². The third kappa shape index (κ3) is 3.41. The van der Waals surface area contributed by atoms with Crippen molar-refractivity contribution in [2.75, 3.05) is 9.62 Å². The van der Waals surface area contributed by atoms with Crippen LogP contribution in [0.25, 0.3) is 0 Å². The Morgan fingerprint density at radius 1 is 1.28 bits per heavy atom. The van der Waals surface area contributed by atoms with E-state index in [2.05, 4.69) is 20.7 Å². The van der Waals surface area contributed by atoms with Gasteiger partial charge in [0.2, 0.25) is 5.91 Å². The van der Waals surface area contributed by atoms with Gasteiger partial charge in [0.1, 0.15) is 10.7 Å². The lowest BCUT2D eigenvalue weighted by atomic mass is 10.1. The van der Waals surface area contributed by atoms with Gasteiger partial charge in [0.25, 0.3) is 10.0 Å². The standard InChI is InChI=1S/C17H16BrFN2O3S/c1-10-7-12-8-13(18)9-16(17(12)21(10)11(2)22)25(23,24)20-15-5-3-14(19)4-6-15/h3-6,8-10,20H,7H2,1-2H3/t10-/m1/s1. The molecule has 0 fully saturated rings. The number of nitrogens with zero attached hydrogens (tertiary/aromatic N) is 1. The monoisotopic (exact) mass is 426 g/mol. The predicted molar refractivity (Wildman–Crippen MR) is 97.7 cm³/mol. The molecule has 0 unspecified atom stereocenters. The van der Waals surface area contributed by atoms with E-state index in [1.807, 2.05) is 13.0 Å². The molecule has 0 saturated carbocycles. The van der Waals surface area contributed by atoms with E-state index in [-0.39, 0.29) is 22.5 Å². The average Bonchev–Trinajstić information content (AvgIpc) is 2.84. The Bertz CT molecular complexity index is 945. The molecule has 1 amide bonds. The first-order valence-electron chi connectivity index (χ1n) is 7.59. The number of sulfonamides is 1. The van der Waals surface area contributed by atoms with Crippen molar-refractivity contribution < 1.29 is 17.6 Å². The molecular formula is C17H16BrFN2O3S. The highest BCUT2D eigenvalue weighted by Gasteiger charge is 2.35. The zero-order valence-electron chi connectivity index (χ0n) is 13.6. The third-order valence-electron chi connectivity index (χ3n) is 4.04. The van der Waals surface area contributed by atoms with Crippen molar-refractivity contribution in [2.24, 2.45) is 0 Å². The molecule has 25 heavy (non-hydrogen) atoms. The molecule has 3 rings (SSSR count). The summed E-state index contributed by atoms with van der Waals surface area (Å²) in [7, 11) is -3.96. The summed E-state index contributed by atoms with van der Waals surface area (Å²) in [4.78, 5) is 13.6. The molecule has 5 nitrogen and oxygen atoms in total. The molecule has 0 radical (unpaired) electrons. The van der Waals surface area contributed by atoms with Crippen molar-refractivity contribution in [1.82, 2.24) is 0 Å². The summed E-state index contributed by atoms with van der Waals surface area (Å²) >= 11 is 3.33. The van der Waals surface area contributed by atoms with Gasteiger partial charge < -0.3 is 4.90 Å². The Morgan fingerprint density at radius 3 is 2.52 bits per heavy atom. The number of amides is 1. The number of hydrogen-bond acceptors (Lipinski definition) is 3. The Labute approximate surface area is 154 Å². The summed E-state index contributed by atoms with van der Waals surface area (Å²) in [6, 6.07) is 8.21. The van der Waals surface area contributed by atoms with Crippen LogP contribution in [0.3, 0.4) is 0 Å². The number of rotatable bonds is 3. The van der Waals surface area contributed by atoms with Crippen LogP contribution in [-0.2, 0) is 21.2 Å². The quantitative estimate of drug-likeness (QED) is 0.813. The van der Waals surface area contributed by atoms with E-state index >= 15 is 0 Å². The van der Waals surface area contributed by atoms with E-state index in [0.29, 0.717) is 16.6 Å². The Hall–Kier alpha value is -1.93. The largest absolute Gasteiger partial charge is 0.308 e. The lowest BCUT2D eigenvalue weighted by Gasteiger charge is -2.23. The van der Waals surface area contributed by atoms with Crippen molar-refractivity contribution in [3.8, 4) is 0 Å². The van der Waals surface area contributed by atoms with E-state index < -0.39 is 15.8 Å². The van der Waals surface area contributed by atoms with Gasteiger partial charge in [0.15, 0.2) is 0 Å². The van der Waals surface area contributed by atoms with Gasteiger partial charge in [-0.25, -0.2) is 12.8 Å². The summed E-state index contributed by atoms with van der Waals surface area (Å²) in [5.74, 6) is -0.672. The first kappa shape index (κ1) is 17.9. The van der Waals surface area contributed by atoms with E-state index in [0.717, 1.165) is 5.56 Å². The molecule has 1 aliphatic rings. The molecule has 0 saturated heterocycles. The van der Waals surface area contributed by atoms with Crippen molar-refractivity contribution in [3.63, 3.8) is 0 Å². The minimum atomic E-state index is -3.96. The van der Waals surface area contributed by atoms with Crippen LogP contribution in [-0.4, -0.2) is 20.4 Å². The first-order valence-corrected chi connectivity index (χ1v) is 9.87. The number of anilines is 2. The Balaban J connectivity index is 2.11. The molecule has 8 heteroatoms. The second-order valence-corrected chi connectivity index (χ2v) is 8.53. The molecule has 0 bridgehead atoms. The van der Waals surface area contributed by atoms with Gasteiger partial charge in [0, 0.05) is 23.1 Å². The van der Waals surface area contributed by atoms with Crippen LogP contribution in [0.5, 0.6) is 0 Å². The molecule has 2 aromatic rings. The van der Waals surface area contributed by atoms with Crippen LogP contribution in [0.15, 0.2) is 45.8 Å². The molecule has 1 heterocycles. The highest BCUT2D eigenvalue weighted by Crippen LogP contribution is 2.40. The van der Waals surface area contributed by atoms with Gasteiger partial charge in [-0.05, 0) is 55.3 Å². The van der Waals surface area contributed by atoms with Gasteiger partial charge in [-0.15, -0.1) is 0 Å². The molecule has 132 valence electrons. The fourth-order valence-electron chi connectivity index (χ4n) is 3.09. The van der Waals surface area contributed by atoms with Crippen molar-refractivity contribution in [2.45, 2.75) is 31.2 Å². The molecule has 0 spiro atoms. The number of carbonyl (C=O) groups is 1. The summed E-state index contributed by atoms with van der Waals surface area (Å²) < 4.78 is 41.9. The lowest BCUT2D eigenvalue weighted by molar-refractivity contribution is -0.116. The zero-order valence-corrected chi connectivity index (χ0v) is 16.0. The zero-order chi connectivity index (χ0) is 18.4. The molecule has 2 aromatic carbocycles. The van der Waals surface area contributed by atoms with Gasteiger partial charge in [-0.1, -0.05) is 15.9 Å². The maximum Gasteiger partial charge on any atom is 0.264 e. The number of carbonyl (C=O) groups excluding carboxylic acids is 1. The molecule has 0 aromatic heterocycles. The summed E-state index contributed by atoms with van der Waals surface area (Å²) in [5, 5.41) is 0. The number of halogens is 2. The summed E-state index contributed by atoms with van der Waals surface area (Å²) in [6.07, 6.45) is 0.577. The fourth-order valence-corrected chi connectivity index (χ4v) is 5.07. The maximum atomic E-state index is 13.0. The summed E-state index contributed by atoms with van der Waals surface area (Å²) in [6.45, 7) is 3.29. The second-order valence-electron chi connectivity index (χ2n) is 5.97. The minimum absolute atomic E-state index is 0.0146. The first-order chi connectivity index (χ1) is 11.7. The minimum Gasteiger partial charge on any atom is -0.308 e. The number of fused-ring (bicyclic) bond motifs is 1. The third-order valence-corrected chi connectivity index (χ3v) is 5.89. The Kier molecular flexibility index (Phi) is 4.59. The highest BCUT2D eigenvalue weighted by atomic mass is 79.9. The topological polar surface area (TPSA) is 66.5 Å². The van der Waals surface area contributed by atoms with Crippen LogP contribution in [0, 0.1) is 5.82 Å². The normalized spacial score (nSPS) is 16.6. The smallest absolute Gasteiger partial charge is 0.264 e. The number of benzene rings is 2. The SMILES string of the molecule is CC(=O)N1c2c(cc(Br)cc2S(=O)(=O)Nc2ccc(F)cc2)C[C@H]1C. The van der Waals surface area contributed by atoms with Gasteiger partial charge in [-0.3, -0.25) is 9.52 Å². The lowest BCUT2D eigenvalue weighted by Crippen LogP contribution is -2.34. The second kappa shape index (κ2) is 6.42. The molecule has 0 aliphatic carbocycles. The molecule has 1 N–H and O–H groups in total. The Morgan fingerprint density at radius 2 is 1.92 bits per heavy atom. The van der Waals surface area contributed by atoms with E-state index in [4.69, 9.17) is 0 Å². The van der Waals surface area contributed by atoms with Crippen LogP contribution in [0.4, 0.5) is 15.8 Å². The number of hydrogen-bond donors (Lipinski definition) is 1. The van der Waals surface area contributed by atoms with Gasteiger partial charge in [-0.2, -0.15) is 0 Å².